The average molecular weight is 219 g/mol. The predicted molar refractivity (Wildman–Crippen MR) is 64.2 cm³/mol. The van der Waals surface area contributed by atoms with Gasteiger partial charge in [0.2, 0.25) is 0 Å². The summed E-state index contributed by atoms with van der Waals surface area (Å²) in [6.45, 7) is 3.68. The summed E-state index contributed by atoms with van der Waals surface area (Å²) in [6.07, 6.45) is 1.96. The van der Waals surface area contributed by atoms with E-state index in [1.165, 1.54) is 5.69 Å². The van der Waals surface area contributed by atoms with Gasteiger partial charge in [0.25, 0.3) is 0 Å². The molecule has 1 aliphatic rings. The minimum atomic E-state index is 0.459. The Morgan fingerprint density at radius 2 is 2.31 bits per heavy atom. The molecule has 86 valence electrons. The van der Waals surface area contributed by atoms with Gasteiger partial charge in [-0.25, -0.2) is 0 Å². The zero-order valence-corrected chi connectivity index (χ0v) is 9.77. The molecule has 1 unspecified atom stereocenters. The number of carbonyl (C=O) groups excluding carboxylic acids is 1. The highest BCUT2D eigenvalue weighted by molar-refractivity contribution is 5.77. The second kappa shape index (κ2) is 4.66. The molecule has 3 heteroatoms. The fourth-order valence-electron chi connectivity index (χ4n) is 2.17. The van der Waals surface area contributed by atoms with E-state index in [1.54, 1.807) is 0 Å². The first-order chi connectivity index (χ1) is 7.72. The van der Waals surface area contributed by atoms with E-state index in [0.717, 1.165) is 37.0 Å². The molecule has 1 fully saturated rings. The molecule has 0 aromatic heterocycles. The number of hydrogen-bond donors (Lipinski definition) is 0. The van der Waals surface area contributed by atoms with Crippen LogP contribution >= 0.6 is 0 Å². The highest BCUT2D eigenvalue weighted by Crippen LogP contribution is 2.24. The molecule has 0 radical (unpaired) electrons. The molecule has 16 heavy (non-hydrogen) atoms. The second-order valence-electron chi connectivity index (χ2n) is 4.29. The van der Waals surface area contributed by atoms with Crippen LogP contribution in [0, 0.1) is 6.92 Å². The SMILES string of the molecule is Cc1cc(C=O)ccc1N(C)C1CCOC1. The van der Waals surface area contributed by atoms with E-state index in [-0.39, 0.29) is 0 Å². The Labute approximate surface area is 96.0 Å². The van der Waals surface area contributed by atoms with E-state index in [1.807, 2.05) is 25.1 Å². The minimum Gasteiger partial charge on any atom is -0.379 e. The van der Waals surface area contributed by atoms with Crippen molar-refractivity contribution in [1.29, 1.82) is 0 Å². The van der Waals surface area contributed by atoms with Crippen LogP contribution in [-0.4, -0.2) is 32.6 Å². The monoisotopic (exact) mass is 219 g/mol. The zero-order chi connectivity index (χ0) is 11.5. The van der Waals surface area contributed by atoms with Crippen molar-refractivity contribution in [1.82, 2.24) is 0 Å². The Balaban J connectivity index is 2.22. The fraction of sp³-hybridized carbons (Fsp3) is 0.462. The third-order valence-electron chi connectivity index (χ3n) is 3.19. The van der Waals surface area contributed by atoms with Crippen LogP contribution in [0.3, 0.4) is 0 Å². The van der Waals surface area contributed by atoms with Gasteiger partial charge in [0.15, 0.2) is 0 Å². The number of carbonyl (C=O) groups is 1. The number of benzene rings is 1. The van der Waals surface area contributed by atoms with Gasteiger partial charge in [0.1, 0.15) is 6.29 Å². The normalized spacial score (nSPS) is 19.8. The van der Waals surface area contributed by atoms with Crippen molar-refractivity contribution in [2.45, 2.75) is 19.4 Å². The third kappa shape index (κ3) is 2.09. The Morgan fingerprint density at radius 1 is 1.50 bits per heavy atom. The van der Waals surface area contributed by atoms with Gasteiger partial charge in [-0.15, -0.1) is 0 Å². The smallest absolute Gasteiger partial charge is 0.150 e. The first-order valence-electron chi connectivity index (χ1n) is 5.59. The summed E-state index contributed by atoms with van der Waals surface area (Å²) in [5.74, 6) is 0. The maximum absolute atomic E-state index is 10.7. The van der Waals surface area contributed by atoms with E-state index >= 15 is 0 Å². The molecule has 1 atom stereocenters. The molecule has 1 heterocycles. The van der Waals surface area contributed by atoms with Gasteiger partial charge < -0.3 is 9.64 Å². The molecule has 0 bridgehead atoms. The highest BCUT2D eigenvalue weighted by Gasteiger charge is 2.21. The number of hydrogen-bond acceptors (Lipinski definition) is 3. The maximum atomic E-state index is 10.7. The number of anilines is 1. The molecular formula is C13H17NO2. The van der Waals surface area contributed by atoms with Gasteiger partial charge in [0.05, 0.1) is 12.6 Å². The van der Waals surface area contributed by atoms with Crippen molar-refractivity contribution < 1.29 is 9.53 Å². The standard InChI is InChI=1S/C13H17NO2/c1-10-7-11(8-15)3-4-13(10)14(2)12-5-6-16-9-12/h3-4,7-8,12H,5-6,9H2,1-2H3. The van der Waals surface area contributed by atoms with Gasteiger partial charge in [-0.3, -0.25) is 4.79 Å². The first kappa shape index (κ1) is 11.1. The van der Waals surface area contributed by atoms with Gasteiger partial charge in [-0.2, -0.15) is 0 Å². The highest BCUT2D eigenvalue weighted by atomic mass is 16.5. The quantitative estimate of drug-likeness (QED) is 0.728. The van der Waals surface area contributed by atoms with E-state index in [2.05, 4.69) is 11.9 Å². The average Bonchev–Trinajstić information content (AvgIpc) is 2.81. The third-order valence-corrected chi connectivity index (χ3v) is 3.19. The second-order valence-corrected chi connectivity index (χ2v) is 4.29. The predicted octanol–water partition coefficient (Wildman–Crippen LogP) is 2.03. The molecule has 0 N–H and O–H groups in total. The lowest BCUT2D eigenvalue weighted by Crippen LogP contribution is -2.32. The van der Waals surface area contributed by atoms with Crippen LogP contribution in [0.2, 0.25) is 0 Å². The van der Waals surface area contributed by atoms with Crippen LogP contribution in [0.5, 0.6) is 0 Å². The lowest BCUT2D eigenvalue weighted by Gasteiger charge is -2.27. The van der Waals surface area contributed by atoms with Crippen LogP contribution in [0.15, 0.2) is 18.2 Å². The Hall–Kier alpha value is -1.35. The number of nitrogens with zero attached hydrogens (tertiary/aromatic N) is 1. The van der Waals surface area contributed by atoms with Crippen molar-refractivity contribution in [2.75, 3.05) is 25.2 Å². The molecule has 0 amide bonds. The lowest BCUT2D eigenvalue weighted by molar-refractivity contribution is 0.112. The summed E-state index contributed by atoms with van der Waals surface area (Å²) in [4.78, 5) is 12.9. The van der Waals surface area contributed by atoms with E-state index in [0.29, 0.717) is 6.04 Å². The summed E-state index contributed by atoms with van der Waals surface area (Å²) in [6, 6.07) is 6.26. The van der Waals surface area contributed by atoms with Gasteiger partial charge in [-0.05, 0) is 37.1 Å². The van der Waals surface area contributed by atoms with E-state index in [9.17, 15) is 4.79 Å². The molecule has 0 spiro atoms. The number of likely N-dealkylation sites (N-methyl/N-ethyl adjacent to an activating group) is 1. The molecule has 1 aliphatic heterocycles. The number of ether oxygens (including phenoxy) is 1. The summed E-state index contributed by atoms with van der Waals surface area (Å²) in [5.41, 5.74) is 3.05. The largest absolute Gasteiger partial charge is 0.379 e. The van der Waals surface area contributed by atoms with Gasteiger partial charge in [-0.1, -0.05) is 0 Å². The Kier molecular flexibility index (Phi) is 3.25. The van der Waals surface area contributed by atoms with Crippen molar-refractivity contribution >= 4 is 12.0 Å². The van der Waals surface area contributed by atoms with Gasteiger partial charge in [0, 0.05) is 24.9 Å². The Bertz CT molecular complexity index is 384. The molecule has 2 rings (SSSR count). The van der Waals surface area contributed by atoms with Crippen LogP contribution in [0.1, 0.15) is 22.3 Å². The van der Waals surface area contributed by atoms with Crippen LogP contribution in [0.25, 0.3) is 0 Å². The lowest BCUT2D eigenvalue weighted by atomic mass is 10.1. The molecule has 1 aromatic carbocycles. The summed E-state index contributed by atoms with van der Waals surface area (Å²) in [5, 5.41) is 0. The van der Waals surface area contributed by atoms with Gasteiger partial charge >= 0.3 is 0 Å². The molecule has 0 saturated carbocycles. The Morgan fingerprint density at radius 3 is 2.88 bits per heavy atom. The van der Waals surface area contributed by atoms with Crippen LogP contribution < -0.4 is 4.90 Å². The first-order valence-corrected chi connectivity index (χ1v) is 5.59. The fourth-order valence-corrected chi connectivity index (χ4v) is 2.17. The van der Waals surface area contributed by atoms with Crippen molar-refractivity contribution in [2.24, 2.45) is 0 Å². The topological polar surface area (TPSA) is 29.5 Å². The molecule has 1 saturated heterocycles. The van der Waals surface area contributed by atoms with Crippen molar-refractivity contribution in [3.05, 3.63) is 29.3 Å². The molecule has 3 nitrogen and oxygen atoms in total. The van der Waals surface area contributed by atoms with Crippen LogP contribution in [0.4, 0.5) is 5.69 Å². The minimum absolute atomic E-state index is 0.459. The molecular weight excluding hydrogens is 202 g/mol. The number of rotatable bonds is 3. The summed E-state index contributed by atoms with van der Waals surface area (Å²) < 4.78 is 5.39. The number of aryl methyl sites for hydroxylation is 1. The van der Waals surface area contributed by atoms with E-state index in [4.69, 9.17) is 4.74 Å². The summed E-state index contributed by atoms with van der Waals surface area (Å²) in [7, 11) is 2.09. The van der Waals surface area contributed by atoms with Crippen LogP contribution in [-0.2, 0) is 4.74 Å². The molecule has 0 aliphatic carbocycles. The maximum Gasteiger partial charge on any atom is 0.150 e. The number of aldehydes is 1. The van der Waals surface area contributed by atoms with Crippen molar-refractivity contribution in [3.63, 3.8) is 0 Å². The van der Waals surface area contributed by atoms with Crippen molar-refractivity contribution in [3.8, 4) is 0 Å². The van der Waals surface area contributed by atoms with E-state index < -0.39 is 0 Å². The molecule has 1 aromatic rings. The zero-order valence-electron chi connectivity index (χ0n) is 9.77. The summed E-state index contributed by atoms with van der Waals surface area (Å²) >= 11 is 0.